The Morgan fingerprint density at radius 1 is 1.07 bits per heavy atom. The lowest BCUT2D eigenvalue weighted by Crippen LogP contribution is -2.36. The van der Waals surface area contributed by atoms with Crippen molar-refractivity contribution in [3.63, 3.8) is 0 Å². The predicted molar refractivity (Wildman–Crippen MR) is 114 cm³/mol. The fourth-order valence-corrected chi connectivity index (χ4v) is 3.42. The van der Waals surface area contributed by atoms with Crippen molar-refractivity contribution in [2.75, 3.05) is 0 Å². The molecule has 0 bridgehead atoms. The molecule has 2 aromatic carbocycles. The molecule has 2 amide bonds. The van der Waals surface area contributed by atoms with Gasteiger partial charge in [0.2, 0.25) is 0 Å². The van der Waals surface area contributed by atoms with Crippen LogP contribution in [-0.4, -0.2) is 11.8 Å². The minimum absolute atomic E-state index is 0.146. The number of benzene rings is 2. The molecule has 148 valence electrons. The minimum Gasteiger partial charge on any atom is -0.344 e. The Morgan fingerprint density at radius 3 is 2.48 bits per heavy atom. The van der Waals surface area contributed by atoms with Crippen LogP contribution < -0.4 is 10.6 Å². The second-order valence-corrected chi connectivity index (χ2v) is 7.62. The van der Waals surface area contributed by atoms with Crippen LogP contribution >= 0.6 is 11.3 Å². The number of amides is 2. The lowest BCUT2D eigenvalue weighted by molar-refractivity contribution is -0.118. The van der Waals surface area contributed by atoms with Gasteiger partial charge in [0, 0.05) is 10.4 Å². The number of thiophene rings is 1. The van der Waals surface area contributed by atoms with Crippen molar-refractivity contribution in [3.8, 4) is 0 Å². The molecule has 0 unspecified atom stereocenters. The number of nitrogens with one attached hydrogen (secondary N) is 2. The summed E-state index contributed by atoms with van der Waals surface area (Å²) in [5.41, 5.74) is 2.34. The number of rotatable bonds is 6. The van der Waals surface area contributed by atoms with E-state index in [4.69, 9.17) is 0 Å². The van der Waals surface area contributed by atoms with Crippen LogP contribution in [0.1, 0.15) is 39.3 Å². The summed E-state index contributed by atoms with van der Waals surface area (Å²) in [5, 5.41) is 7.47. The zero-order valence-corrected chi connectivity index (χ0v) is 16.9. The van der Waals surface area contributed by atoms with E-state index in [1.54, 1.807) is 43.3 Å². The van der Waals surface area contributed by atoms with E-state index in [9.17, 15) is 14.0 Å². The van der Waals surface area contributed by atoms with Gasteiger partial charge in [0.25, 0.3) is 11.8 Å². The van der Waals surface area contributed by atoms with Crippen molar-refractivity contribution in [3.05, 3.63) is 99.1 Å². The Bertz CT molecular complexity index is 1030. The monoisotopic (exact) mass is 408 g/mol. The van der Waals surface area contributed by atoms with Gasteiger partial charge in [-0.3, -0.25) is 9.59 Å². The Kier molecular flexibility index (Phi) is 6.57. The van der Waals surface area contributed by atoms with Gasteiger partial charge in [-0.15, -0.1) is 11.3 Å². The zero-order chi connectivity index (χ0) is 20.8. The first-order chi connectivity index (χ1) is 13.9. The van der Waals surface area contributed by atoms with E-state index in [1.165, 1.54) is 23.5 Å². The third-order valence-electron chi connectivity index (χ3n) is 4.32. The molecule has 0 aliphatic carbocycles. The van der Waals surface area contributed by atoms with Crippen LogP contribution in [0.5, 0.6) is 0 Å². The second-order valence-electron chi connectivity index (χ2n) is 6.64. The molecule has 2 N–H and O–H groups in total. The number of aryl methyl sites for hydroxylation is 1. The molecule has 6 heteroatoms. The molecular formula is C23H21FN2O2S. The van der Waals surface area contributed by atoms with Gasteiger partial charge >= 0.3 is 0 Å². The van der Waals surface area contributed by atoms with Gasteiger partial charge in [-0.05, 0) is 61.2 Å². The Hall–Kier alpha value is -3.25. The maximum atomic E-state index is 13.1. The maximum Gasteiger partial charge on any atom is 0.268 e. The summed E-state index contributed by atoms with van der Waals surface area (Å²) >= 11 is 1.46. The maximum absolute atomic E-state index is 13.1. The molecule has 1 aromatic heterocycles. The van der Waals surface area contributed by atoms with E-state index in [2.05, 4.69) is 10.6 Å². The van der Waals surface area contributed by atoms with Crippen LogP contribution in [0.2, 0.25) is 0 Å². The molecule has 1 heterocycles. The van der Waals surface area contributed by atoms with Gasteiger partial charge in [-0.25, -0.2) is 4.39 Å². The van der Waals surface area contributed by atoms with E-state index >= 15 is 0 Å². The van der Waals surface area contributed by atoms with Crippen LogP contribution in [0.3, 0.4) is 0 Å². The number of carbonyl (C=O) groups is 2. The Balaban J connectivity index is 1.80. The van der Waals surface area contributed by atoms with E-state index in [-0.39, 0.29) is 23.5 Å². The summed E-state index contributed by atoms with van der Waals surface area (Å²) in [6, 6.07) is 16.5. The molecule has 1 atom stereocenters. The number of halogens is 1. The van der Waals surface area contributed by atoms with Crippen molar-refractivity contribution in [1.29, 1.82) is 0 Å². The molecule has 29 heavy (non-hydrogen) atoms. The number of hydrogen-bond donors (Lipinski definition) is 2. The van der Waals surface area contributed by atoms with Crippen molar-refractivity contribution >= 4 is 29.2 Å². The van der Waals surface area contributed by atoms with Gasteiger partial charge in [0.15, 0.2) is 0 Å². The van der Waals surface area contributed by atoms with E-state index in [0.717, 1.165) is 16.0 Å². The summed E-state index contributed by atoms with van der Waals surface area (Å²) in [7, 11) is 0. The topological polar surface area (TPSA) is 58.2 Å². The fourth-order valence-electron chi connectivity index (χ4n) is 2.76. The molecule has 0 saturated carbocycles. The normalized spacial score (nSPS) is 12.3. The summed E-state index contributed by atoms with van der Waals surface area (Å²) in [5.74, 6) is -1.12. The fraction of sp³-hybridized carbons (Fsp3) is 0.130. The predicted octanol–water partition coefficient (Wildman–Crippen LogP) is 4.84. The van der Waals surface area contributed by atoms with Crippen LogP contribution in [0.4, 0.5) is 4.39 Å². The van der Waals surface area contributed by atoms with Crippen molar-refractivity contribution in [2.24, 2.45) is 0 Å². The highest BCUT2D eigenvalue weighted by Crippen LogP contribution is 2.16. The lowest BCUT2D eigenvalue weighted by Gasteiger charge is -2.16. The SMILES string of the molecule is Cc1cccc(C(=O)N/C(=C\c2cccs2)C(=O)N[C@H](C)c2ccc(F)cc2)c1. The molecule has 0 saturated heterocycles. The average molecular weight is 408 g/mol. The minimum atomic E-state index is -0.420. The van der Waals surface area contributed by atoms with Gasteiger partial charge in [0.05, 0.1) is 6.04 Å². The van der Waals surface area contributed by atoms with Crippen LogP contribution in [0.15, 0.2) is 71.7 Å². The molecule has 0 radical (unpaired) electrons. The van der Waals surface area contributed by atoms with Crippen molar-refractivity contribution < 1.29 is 14.0 Å². The van der Waals surface area contributed by atoms with Crippen LogP contribution in [0, 0.1) is 12.7 Å². The van der Waals surface area contributed by atoms with E-state index in [1.807, 2.05) is 30.5 Å². The van der Waals surface area contributed by atoms with Crippen molar-refractivity contribution in [1.82, 2.24) is 10.6 Å². The molecule has 3 rings (SSSR count). The van der Waals surface area contributed by atoms with Gasteiger partial charge in [-0.2, -0.15) is 0 Å². The molecule has 0 spiro atoms. The molecule has 3 aromatic rings. The molecule has 0 aliphatic rings. The molecule has 4 nitrogen and oxygen atoms in total. The average Bonchev–Trinajstić information content (AvgIpc) is 3.21. The standard InChI is InChI=1S/C23H21FN2O2S/c1-15-5-3-6-18(13-15)22(27)26-21(14-20-7-4-12-29-20)23(28)25-16(2)17-8-10-19(24)11-9-17/h3-14,16H,1-2H3,(H,25,28)(H,26,27)/b21-14-/t16-/m1/s1. The van der Waals surface area contributed by atoms with E-state index < -0.39 is 5.91 Å². The first kappa shape index (κ1) is 20.5. The zero-order valence-electron chi connectivity index (χ0n) is 16.1. The summed E-state index contributed by atoms with van der Waals surface area (Å²) < 4.78 is 13.1. The third kappa shape index (κ3) is 5.62. The van der Waals surface area contributed by atoms with Crippen LogP contribution in [0.25, 0.3) is 6.08 Å². The highest BCUT2D eigenvalue weighted by molar-refractivity contribution is 7.10. The Morgan fingerprint density at radius 2 is 1.83 bits per heavy atom. The van der Waals surface area contributed by atoms with Crippen molar-refractivity contribution in [2.45, 2.75) is 19.9 Å². The second kappa shape index (κ2) is 9.30. The van der Waals surface area contributed by atoms with Gasteiger partial charge < -0.3 is 10.6 Å². The number of carbonyl (C=O) groups excluding carboxylic acids is 2. The first-order valence-corrected chi connectivity index (χ1v) is 10.00. The first-order valence-electron chi connectivity index (χ1n) is 9.12. The Labute approximate surface area is 173 Å². The molecule has 0 fully saturated rings. The largest absolute Gasteiger partial charge is 0.344 e. The van der Waals surface area contributed by atoms with Gasteiger partial charge in [-0.1, -0.05) is 35.9 Å². The molecule has 0 aliphatic heterocycles. The smallest absolute Gasteiger partial charge is 0.268 e. The van der Waals surface area contributed by atoms with Gasteiger partial charge in [0.1, 0.15) is 11.5 Å². The summed E-state index contributed by atoms with van der Waals surface area (Å²) in [6.07, 6.45) is 1.64. The summed E-state index contributed by atoms with van der Waals surface area (Å²) in [6.45, 7) is 3.70. The summed E-state index contributed by atoms with van der Waals surface area (Å²) in [4.78, 5) is 26.4. The highest BCUT2D eigenvalue weighted by Gasteiger charge is 2.17. The third-order valence-corrected chi connectivity index (χ3v) is 5.14. The van der Waals surface area contributed by atoms with E-state index in [0.29, 0.717) is 5.56 Å². The lowest BCUT2D eigenvalue weighted by atomic mass is 10.1. The highest BCUT2D eigenvalue weighted by atomic mass is 32.1. The quantitative estimate of drug-likeness (QED) is 0.573. The number of hydrogen-bond acceptors (Lipinski definition) is 3. The molecular weight excluding hydrogens is 387 g/mol. The van der Waals surface area contributed by atoms with Crippen LogP contribution in [-0.2, 0) is 4.79 Å².